The van der Waals surface area contributed by atoms with Gasteiger partial charge in [0.2, 0.25) is 10.0 Å². The van der Waals surface area contributed by atoms with Gasteiger partial charge < -0.3 is 10.2 Å². The quantitative estimate of drug-likeness (QED) is 0.470. The smallest absolute Gasteiger partial charge is 0.293 e. The lowest BCUT2D eigenvalue weighted by atomic mass is 10.1. The van der Waals surface area contributed by atoms with Gasteiger partial charge in [-0.2, -0.15) is 4.31 Å². The van der Waals surface area contributed by atoms with Gasteiger partial charge in [0.25, 0.3) is 17.3 Å². The van der Waals surface area contributed by atoms with Gasteiger partial charge in [-0.05, 0) is 31.0 Å². The van der Waals surface area contributed by atoms with E-state index >= 15 is 0 Å². The number of carbonyl (C=O) groups excluding carboxylic acids is 1. The monoisotopic (exact) mass is 475 g/mol. The van der Waals surface area contributed by atoms with E-state index in [0.717, 1.165) is 23.2 Å². The molecule has 2 aromatic rings. The van der Waals surface area contributed by atoms with Crippen LogP contribution in [0.5, 0.6) is 0 Å². The SMILES string of the molecule is O=C(NC1CC1)c1ccc(N2CCN(S(=O)(=O)c3ccccc3[N+](=O)[O-])CC2)c([N+](=O)[O-])c1. The van der Waals surface area contributed by atoms with Crippen LogP contribution in [-0.4, -0.2) is 60.7 Å². The van der Waals surface area contributed by atoms with Crippen molar-refractivity contribution < 1.29 is 23.1 Å². The van der Waals surface area contributed by atoms with E-state index in [4.69, 9.17) is 0 Å². The standard InChI is InChI=1S/C20H21N5O7S/c26-20(21-15-6-7-15)14-5-8-16(18(13-14)25(29)30)22-9-11-23(12-10-22)33(31,32)19-4-2-1-3-17(19)24(27)28/h1-5,8,13,15H,6-7,9-12H2,(H,21,26). The Kier molecular flexibility index (Phi) is 5.99. The van der Waals surface area contributed by atoms with Gasteiger partial charge in [0.15, 0.2) is 4.90 Å². The minimum Gasteiger partial charge on any atom is -0.363 e. The molecule has 1 aliphatic heterocycles. The van der Waals surface area contributed by atoms with Gasteiger partial charge in [-0.3, -0.25) is 25.0 Å². The van der Waals surface area contributed by atoms with Crippen LogP contribution in [0, 0.1) is 20.2 Å². The zero-order valence-corrected chi connectivity index (χ0v) is 18.2. The molecule has 2 aromatic carbocycles. The third-order valence-electron chi connectivity index (χ3n) is 5.61. The van der Waals surface area contributed by atoms with E-state index in [-0.39, 0.29) is 60.0 Å². The van der Waals surface area contributed by atoms with Crippen molar-refractivity contribution >= 4 is 33.0 Å². The van der Waals surface area contributed by atoms with Crippen LogP contribution >= 0.6 is 0 Å². The first kappa shape index (κ1) is 22.6. The summed E-state index contributed by atoms with van der Waals surface area (Å²) in [5, 5.41) is 25.7. The Hall–Kier alpha value is -3.58. The number of hydrogen-bond donors (Lipinski definition) is 1. The molecule has 1 N–H and O–H groups in total. The normalized spacial score (nSPS) is 16.9. The molecule has 0 bridgehead atoms. The van der Waals surface area contributed by atoms with Crippen LogP contribution in [-0.2, 0) is 10.0 Å². The van der Waals surface area contributed by atoms with Gasteiger partial charge in [0.1, 0.15) is 5.69 Å². The summed E-state index contributed by atoms with van der Waals surface area (Å²) in [5.74, 6) is -0.368. The molecular weight excluding hydrogens is 454 g/mol. The van der Waals surface area contributed by atoms with Gasteiger partial charge in [-0.25, -0.2) is 8.42 Å². The summed E-state index contributed by atoms with van der Waals surface area (Å²) in [7, 11) is -4.12. The molecule has 0 aromatic heterocycles. The van der Waals surface area contributed by atoms with E-state index in [0.29, 0.717) is 0 Å². The first-order chi connectivity index (χ1) is 15.7. The maximum absolute atomic E-state index is 13.0. The lowest BCUT2D eigenvalue weighted by Gasteiger charge is -2.35. The molecule has 2 aliphatic rings. The van der Waals surface area contributed by atoms with Crippen LogP contribution < -0.4 is 10.2 Å². The molecule has 0 radical (unpaired) electrons. The molecule has 1 saturated heterocycles. The summed E-state index contributed by atoms with van der Waals surface area (Å²) in [6.07, 6.45) is 1.79. The fraction of sp³-hybridized carbons (Fsp3) is 0.350. The molecule has 1 heterocycles. The number of nitro benzene ring substituents is 2. The topological polar surface area (TPSA) is 156 Å². The van der Waals surface area contributed by atoms with Crippen molar-refractivity contribution in [3.8, 4) is 0 Å². The minimum atomic E-state index is -4.12. The van der Waals surface area contributed by atoms with E-state index < -0.39 is 25.6 Å². The van der Waals surface area contributed by atoms with Crippen LogP contribution in [0.15, 0.2) is 47.4 Å². The van der Waals surface area contributed by atoms with E-state index in [9.17, 15) is 33.4 Å². The number of rotatable bonds is 7. The number of hydrogen-bond acceptors (Lipinski definition) is 8. The van der Waals surface area contributed by atoms with Crippen molar-refractivity contribution in [2.45, 2.75) is 23.8 Å². The number of para-hydroxylation sites is 1. The summed E-state index contributed by atoms with van der Waals surface area (Å²) >= 11 is 0. The summed E-state index contributed by atoms with van der Waals surface area (Å²) in [4.78, 5) is 35.1. The second kappa shape index (κ2) is 8.75. The highest BCUT2D eigenvalue weighted by atomic mass is 32.2. The third kappa shape index (κ3) is 4.64. The van der Waals surface area contributed by atoms with Crippen LogP contribution in [0.4, 0.5) is 17.1 Å². The van der Waals surface area contributed by atoms with Crippen molar-refractivity contribution in [2.24, 2.45) is 0 Å². The molecular formula is C20H21N5O7S. The molecule has 0 spiro atoms. The molecule has 13 heteroatoms. The zero-order valence-electron chi connectivity index (χ0n) is 17.4. The summed E-state index contributed by atoms with van der Waals surface area (Å²) in [5.41, 5.74) is -0.273. The Bertz CT molecular complexity index is 1220. The fourth-order valence-electron chi connectivity index (χ4n) is 3.71. The molecule has 1 aliphatic carbocycles. The highest BCUT2D eigenvalue weighted by molar-refractivity contribution is 7.89. The summed E-state index contributed by atoms with van der Waals surface area (Å²) in [6.45, 7) is 0.285. The second-order valence-corrected chi connectivity index (χ2v) is 9.73. The Morgan fingerprint density at radius 1 is 0.939 bits per heavy atom. The van der Waals surface area contributed by atoms with Crippen LogP contribution in [0.1, 0.15) is 23.2 Å². The predicted octanol–water partition coefficient (Wildman–Crippen LogP) is 1.91. The second-order valence-electron chi connectivity index (χ2n) is 7.82. The largest absolute Gasteiger partial charge is 0.363 e. The summed E-state index contributed by atoms with van der Waals surface area (Å²) in [6, 6.07) is 9.48. The predicted molar refractivity (Wildman–Crippen MR) is 118 cm³/mol. The zero-order chi connectivity index (χ0) is 23.8. The number of piperazine rings is 1. The molecule has 2 fully saturated rings. The molecule has 4 rings (SSSR count). The van der Waals surface area contributed by atoms with Crippen molar-refractivity contribution in [1.29, 1.82) is 0 Å². The fourth-order valence-corrected chi connectivity index (χ4v) is 5.29. The Balaban J connectivity index is 1.52. The molecule has 12 nitrogen and oxygen atoms in total. The maximum atomic E-state index is 13.0. The molecule has 0 atom stereocenters. The van der Waals surface area contributed by atoms with Gasteiger partial charge >= 0.3 is 0 Å². The van der Waals surface area contributed by atoms with Crippen molar-refractivity contribution in [3.05, 3.63) is 68.3 Å². The van der Waals surface area contributed by atoms with Crippen LogP contribution in [0.25, 0.3) is 0 Å². The number of nitrogens with zero attached hydrogens (tertiary/aromatic N) is 4. The highest BCUT2D eigenvalue weighted by Gasteiger charge is 2.35. The molecule has 1 saturated carbocycles. The average Bonchev–Trinajstić information content (AvgIpc) is 3.62. The van der Waals surface area contributed by atoms with E-state index in [2.05, 4.69) is 5.32 Å². The average molecular weight is 475 g/mol. The summed E-state index contributed by atoms with van der Waals surface area (Å²) < 4.78 is 27.1. The number of amides is 1. The Morgan fingerprint density at radius 2 is 1.58 bits per heavy atom. The number of carbonyl (C=O) groups is 1. The van der Waals surface area contributed by atoms with Crippen LogP contribution in [0.3, 0.4) is 0 Å². The van der Waals surface area contributed by atoms with Gasteiger partial charge in [-0.15, -0.1) is 0 Å². The third-order valence-corrected chi connectivity index (χ3v) is 7.55. The number of nitro groups is 2. The van der Waals surface area contributed by atoms with E-state index in [1.807, 2.05) is 0 Å². The van der Waals surface area contributed by atoms with Gasteiger partial charge in [-0.1, -0.05) is 12.1 Å². The Morgan fingerprint density at radius 3 is 2.18 bits per heavy atom. The van der Waals surface area contributed by atoms with Crippen molar-refractivity contribution in [3.63, 3.8) is 0 Å². The maximum Gasteiger partial charge on any atom is 0.293 e. The lowest BCUT2D eigenvalue weighted by molar-refractivity contribution is -0.387. The molecule has 33 heavy (non-hydrogen) atoms. The first-order valence-electron chi connectivity index (χ1n) is 10.3. The van der Waals surface area contributed by atoms with Crippen molar-refractivity contribution in [1.82, 2.24) is 9.62 Å². The number of nitrogens with one attached hydrogen (secondary N) is 1. The van der Waals surface area contributed by atoms with E-state index in [1.165, 1.54) is 36.4 Å². The minimum absolute atomic E-state index is 0.00451. The first-order valence-corrected chi connectivity index (χ1v) is 11.7. The number of anilines is 1. The number of sulfonamides is 1. The molecule has 174 valence electrons. The van der Waals surface area contributed by atoms with Crippen molar-refractivity contribution in [2.75, 3.05) is 31.1 Å². The highest BCUT2D eigenvalue weighted by Crippen LogP contribution is 2.32. The molecule has 0 unspecified atom stereocenters. The number of benzene rings is 2. The molecule has 1 amide bonds. The van der Waals surface area contributed by atoms with Gasteiger partial charge in [0.05, 0.1) is 9.85 Å². The van der Waals surface area contributed by atoms with E-state index in [1.54, 1.807) is 4.90 Å². The Labute approximate surface area is 189 Å². The van der Waals surface area contributed by atoms with Gasteiger partial charge in [0, 0.05) is 49.9 Å². The lowest BCUT2D eigenvalue weighted by Crippen LogP contribution is -2.48. The van der Waals surface area contributed by atoms with Crippen LogP contribution in [0.2, 0.25) is 0 Å².